The van der Waals surface area contributed by atoms with E-state index < -0.39 is 17.8 Å². The Balaban J connectivity index is 2.09. The van der Waals surface area contributed by atoms with E-state index in [-0.39, 0.29) is 13.2 Å². The van der Waals surface area contributed by atoms with Crippen LogP contribution in [0, 0.1) is 0 Å². The molecule has 0 saturated heterocycles. The fourth-order valence-corrected chi connectivity index (χ4v) is 2.56. The Hall–Kier alpha value is -2.69. The van der Waals surface area contributed by atoms with Crippen LogP contribution in [-0.4, -0.2) is 35.8 Å². The van der Waals surface area contributed by atoms with Gasteiger partial charge in [-0.05, 0) is 24.4 Å². The number of rotatable bonds is 3. The number of ether oxygens (including phenoxy) is 1. The SMILES string of the molecule is CCOC(=O)CN1C(=O)c2cccc3cccc(c23)C1=O. The van der Waals surface area contributed by atoms with Gasteiger partial charge in [0.15, 0.2) is 0 Å². The van der Waals surface area contributed by atoms with Crippen molar-refractivity contribution in [2.24, 2.45) is 0 Å². The van der Waals surface area contributed by atoms with E-state index in [1.807, 2.05) is 12.1 Å². The zero-order valence-electron chi connectivity index (χ0n) is 11.5. The van der Waals surface area contributed by atoms with E-state index in [1.165, 1.54) is 0 Å². The van der Waals surface area contributed by atoms with Crippen molar-refractivity contribution in [1.29, 1.82) is 0 Å². The molecule has 2 aromatic rings. The van der Waals surface area contributed by atoms with Gasteiger partial charge in [0.05, 0.1) is 6.61 Å². The summed E-state index contributed by atoms with van der Waals surface area (Å²) in [7, 11) is 0. The average molecular weight is 283 g/mol. The minimum atomic E-state index is -0.592. The van der Waals surface area contributed by atoms with Gasteiger partial charge in [-0.1, -0.05) is 24.3 Å². The van der Waals surface area contributed by atoms with Crippen LogP contribution in [-0.2, 0) is 9.53 Å². The molecule has 106 valence electrons. The highest BCUT2D eigenvalue weighted by atomic mass is 16.5. The summed E-state index contributed by atoms with van der Waals surface area (Å²) < 4.78 is 4.82. The van der Waals surface area contributed by atoms with Gasteiger partial charge in [0.2, 0.25) is 0 Å². The molecule has 21 heavy (non-hydrogen) atoms. The van der Waals surface area contributed by atoms with Crippen LogP contribution in [0.15, 0.2) is 36.4 Å². The molecule has 1 aliphatic heterocycles. The Labute approximate surface area is 121 Å². The van der Waals surface area contributed by atoms with E-state index in [0.29, 0.717) is 16.5 Å². The molecule has 5 heteroatoms. The highest BCUT2D eigenvalue weighted by Crippen LogP contribution is 2.29. The fourth-order valence-electron chi connectivity index (χ4n) is 2.56. The topological polar surface area (TPSA) is 63.7 Å². The number of carbonyl (C=O) groups is 3. The average Bonchev–Trinajstić information content (AvgIpc) is 2.49. The highest BCUT2D eigenvalue weighted by Gasteiger charge is 2.34. The van der Waals surface area contributed by atoms with Crippen LogP contribution in [0.4, 0.5) is 0 Å². The maximum absolute atomic E-state index is 12.5. The lowest BCUT2D eigenvalue weighted by Crippen LogP contribution is -2.43. The van der Waals surface area contributed by atoms with Crippen LogP contribution in [0.3, 0.4) is 0 Å². The summed E-state index contributed by atoms with van der Waals surface area (Å²) in [4.78, 5) is 37.4. The van der Waals surface area contributed by atoms with E-state index in [2.05, 4.69) is 0 Å². The summed E-state index contributed by atoms with van der Waals surface area (Å²) in [6, 6.07) is 10.6. The van der Waals surface area contributed by atoms with Crippen molar-refractivity contribution in [1.82, 2.24) is 4.90 Å². The predicted octanol–water partition coefficient (Wildman–Crippen LogP) is 2.00. The molecule has 0 N–H and O–H groups in total. The second-order valence-corrected chi connectivity index (χ2v) is 4.71. The second-order valence-electron chi connectivity index (χ2n) is 4.71. The number of hydrogen-bond acceptors (Lipinski definition) is 4. The number of esters is 1. The van der Waals surface area contributed by atoms with E-state index in [0.717, 1.165) is 10.3 Å². The lowest BCUT2D eigenvalue weighted by atomic mass is 9.94. The Bertz CT molecular complexity index is 715. The van der Waals surface area contributed by atoms with Crippen LogP contribution in [0.2, 0.25) is 0 Å². The smallest absolute Gasteiger partial charge is 0.326 e. The molecule has 0 saturated carbocycles. The third-order valence-electron chi connectivity index (χ3n) is 3.45. The van der Waals surface area contributed by atoms with Crippen LogP contribution in [0.25, 0.3) is 10.8 Å². The number of benzene rings is 2. The van der Waals surface area contributed by atoms with Gasteiger partial charge in [0.1, 0.15) is 6.54 Å². The number of imide groups is 1. The molecule has 2 aromatic carbocycles. The van der Waals surface area contributed by atoms with Gasteiger partial charge in [0.25, 0.3) is 11.8 Å². The molecule has 1 heterocycles. The molecule has 5 nitrogen and oxygen atoms in total. The monoisotopic (exact) mass is 283 g/mol. The Morgan fingerprint density at radius 1 is 1.05 bits per heavy atom. The van der Waals surface area contributed by atoms with E-state index in [1.54, 1.807) is 31.2 Å². The molecular weight excluding hydrogens is 270 g/mol. The van der Waals surface area contributed by atoms with Gasteiger partial charge >= 0.3 is 5.97 Å². The van der Waals surface area contributed by atoms with Crippen molar-refractivity contribution in [2.75, 3.05) is 13.2 Å². The second kappa shape index (κ2) is 5.01. The minimum absolute atomic E-state index is 0.210. The summed E-state index contributed by atoms with van der Waals surface area (Å²) in [6.07, 6.45) is 0. The molecule has 0 atom stereocenters. The first-order valence-corrected chi connectivity index (χ1v) is 6.67. The fraction of sp³-hybridized carbons (Fsp3) is 0.188. The summed E-state index contributed by atoms with van der Waals surface area (Å²) in [5.41, 5.74) is 0.874. The third kappa shape index (κ3) is 2.07. The van der Waals surface area contributed by atoms with Crippen LogP contribution < -0.4 is 0 Å². The standard InChI is InChI=1S/C16H13NO4/c1-2-21-13(18)9-17-15(19)11-7-3-5-10-6-4-8-12(14(10)11)16(17)20/h3-8H,2,9H2,1H3. The molecule has 2 amide bonds. The third-order valence-corrected chi connectivity index (χ3v) is 3.45. The van der Waals surface area contributed by atoms with Crippen molar-refractivity contribution in [3.63, 3.8) is 0 Å². The largest absolute Gasteiger partial charge is 0.465 e. The first-order valence-electron chi connectivity index (χ1n) is 6.67. The summed E-state index contributed by atoms with van der Waals surface area (Å²) in [5, 5.41) is 1.48. The van der Waals surface area contributed by atoms with Gasteiger partial charge in [-0.3, -0.25) is 19.3 Å². The van der Waals surface area contributed by atoms with Crippen molar-refractivity contribution < 1.29 is 19.1 Å². The van der Waals surface area contributed by atoms with E-state index in [4.69, 9.17) is 4.74 Å². The molecule has 0 fully saturated rings. The van der Waals surface area contributed by atoms with Gasteiger partial charge in [-0.15, -0.1) is 0 Å². The number of carbonyl (C=O) groups excluding carboxylic acids is 3. The van der Waals surface area contributed by atoms with Crippen LogP contribution in [0.5, 0.6) is 0 Å². The first kappa shape index (κ1) is 13.3. The Morgan fingerprint density at radius 2 is 1.62 bits per heavy atom. The molecule has 0 bridgehead atoms. The highest BCUT2D eigenvalue weighted by molar-refractivity contribution is 6.26. The zero-order valence-corrected chi connectivity index (χ0v) is 11.5. The van der Waals surface area contributed by atoms with E-state index in [9.17, 15) is 14.4 Å². The van der Waals surface area contributed by atoms with Gasteiger partial charge in [0, 0.05) is 16.5 Å². The number of nitrogens with zero attached hydrogens (tertiary/aromatic N) is 1. The van der Waals surface area contributed by atoms with Gasteiger partial charge < -0.3 is 4.74 Å². The molecule has 0 aromatic heterocycles. The van der Waals surface area contributed by atoms with Crippen molar-refractivity contribution in [3.05, 3.63) is 47.5 Å². The minimum Gasteiger partial charge on any atom is -0.465 e. The zero-order chi connectivity index (χ0) is 15.0. The van der Waals surface area contributed by atoms with E-state index >= 15 is 0 Å². The number of hydrogen-bond donors (Lipinski definition) is 0. The molecule has 0 spiro atoms. The van der Waals surface area contributed by atoms with Crippen LogP contribution >= 0.6 is 0 Å². The van der Waals surface area contributed by atoms with Crippen LogP contribution in [0.1, 0.15) is 27.6 Å². The van der Waals surface area contributed by atoms with Gasteiger partial charge in [-0.25, -0.2) is 0 Å². The van der Waals surface area contributed by atoms with Crippen molar-refractivity contribution >= 4 is 28.6 Å². The Kier molecular flexibility index (Phi) is 3.17. The lowest BCUT2D eigenvalue weighted by molar-refractivity contribution is -0.143. The summed E-state index contributed by atoms with van der Waals surface area (Å²) in [5.74, 6) is -1.51. The maximum Gasteiger partial charge on any atom is 0.326 e. The molecule has 3 rings (SSSR count). The molecule has 0 unspecified atom stereocenters. The molecule has 0 aliphatic carbocycles. The normalized spacial score (nSPS) is 13.7. The summed E-state index contributed by atoms with van der Waals surface area (Å²) in [6.45, 7) is 1.52. The molecule has 0 radical (unpaired) electrons. The lowest BCUT2D eigenvalue weighted by Gasteiger charge is -2.26. The summed E-state index contributed by atoms with van der Waals surface area (Å²) >= 11 is 0. The first-order chi connectivity index (χ1) is 10.1. The van der Waals surface area contributed by atoms with Crippen molar-refractivity contribution in [2.45, 2.75) is 6.92 Å². The Morgan fingerprint density at radius 3 is 2.14 bits per heavy atom. The maximum atomic E-state index is 12.5. The van der Waals surface area contributed by atoms with Crippen molar-refractivity contribution in [3.8, 4) is 0 Å². The number of amides is 2. The predicted molar refractivity (Wildman–Crippen MR) is 75.9 cm³/mol. The molecule has 1 aliphatic rings. The molecular formula is C16H13NO4. The quantitative estimate of drug-likeness (QED) is 0.638. The van der Waals surface area contributed by atoms with Gasteiger partial charge in [-0.2, -0.15) is 0 Å².